The van der Waals surface area contributed by atoms with Crippen LogP contribution in [0.5, 0.6) is 0 Å². The molecule has 0 aliphatic rings. The fraction of sp³-hybridized carbons (Fsp3) is 0.455. The lowest BCUT2D eigenvalue weighted by Crippen LogP contribution is -2.07. The molecular weight excluding hydrogens is 286 g/mol. The zero-order valence-electron chi connectivity index (χ0n) is 10.5. The SMILES string of the molecule is CCCCCS(=O)(=O)c1c(=S=O)[nH]n2cccnc12. The molecule has 0 bridgehead atoms. The molecule has 1 N–H and O–H groups in total. The maximum atomic E-state index is 12.3. The molecule has 19 heavy (non-hydrogen) atoms. The van der Waals surface area contributed by atoms with Gasteiger partial charge < -0.3 is 0 Å². The molecular formula is C11H15N3O3S2. The van der Waals surface area contributed by atoms with Crippen LogP contribution in [0, 0.1) is 4.64 Å². The van der Waals surface area contributed by atoms with Crippen LogP contribution < -0.4 is 0 Å². The molecule has 2 rings (SSSR count). The van der Waals surface area contributed by atoms with Crippen LogP contribution >= 0.6 is 0 Å². The van der Waals surface area contributed by atoms with Gasteiger partial charge in [-0.25, -0.2) is 22.1 Å². The number of nitrogens with one attached hydrogen (secondary N) is 1. The van der Waals surface area contributed by atoms with Crippen LogP contribution in [0.1, 0.15) is 26.2 Å². The Bertz CT molecular complexity index is 770. The standard InChI is InChI=1S/C11H15N3O3S2/c1-2-3-4-8-19(16,17)9-10-12-6-5-7-14(10)13-11(9)18-15/h5-7,13H,2-4,8H2,1H3. The van der Waals surface area contributed by atoms with Gasteiger partial charge in [0.05, 0.1) is 5.75 Å². The third kappa shape index (κ3) is 2.79. The predicted octanol–water partition coefficient (Wildman–Crippen LogP) is 1.37. The van der Waals surface area contributed by atoms with E-state index in [1.165, 1.54) is 10.7 Å². The normalized spacial score (nSPS) is 11.8. The second kappa shape index (κ2) is 5.70. The topological polar surface area (TPSA) is 84.3 Å². The first-order valence-corrected chi connectivity index (χ1v) is 8.40. The molecule has 0 aliphatic carbocycles. The first-order chi connectivity index (χ1) is 9.10. The van der Waals surface area contributed by atoms with Crippen molar-refractivity contribution in [1.29, 1.82) is 0 Å². The minimum absolute atomic E-state index is 0.0178. The fourth-order valence-electron chi connectivity index (χ4n) is 1.87. The van der Waals surface area contributed by atoms with E-state index in [2.05, 4.69) is 10.1 Å². The summed E-state index contributed by atoms with van der Waals surface area (Å²) >= 11 is 0.142. The Hall–Kier alpha value is -1.41. The van der Waals surface area contributed by atoms with Gasteiger partial charge in [-0.1, -0.05) is 19.8 Å². The molecule has 104 valence electrons. The van der Waals surface area contributed by atoms with E-state index in [-0.39, 0.29) is 32.2 Å². The Kier molecular flexibility index (Phi) is 4.20. The molecule has 0 spiro atoms. The summed E-state index contributed by atoms with van der Waals surface area (Å²) in [4.78, 5) is 4.06. The van der Waals surface area contributed by atoms with Crippen molar-refractivity contribution >= 4 is 26.7 Å². The monoisotopic (exact) mass is 301 g/mol. The van der Waals surface area contributed by atoms with Crippen LogP contribution in [0.3, 0.4) is 0 Å². The van der Waals surface area contributed by atoms with Gasteiger partial charge in [-0.3, -0.25) is 5.10 Å². The number of aromatic nitrogens is 3. The number of sulfone groups is 1. The molecule has 2 aromatic heterocycles. The summed E-state index contributed by atoms with van der Waals surface area (Å²) in [6.45, 7) is 2.01. The highest BCUT2D eigenvalue weighted by Gasteiger charge is 2.22. The number of H-pyrrole nitrogens is 1. The van der Waals surface area contributed by atoms with Gasteiger partial charge in [-0.05, 0) is 12.5 Å². The molecule has 2 heterocycles. The molecule has 0 saturated heterocycles. The van der Waals surface area contributed by atoms with Crippen LogP contribution in [0.4, 0.5) is 0 Å². The number of fused-ring (bicyclic) bond motifs is 1. The second-order valence-corrected chi connectivity index (χ2v) is 6.81. The summed E-state index contributed by atoms with van der Waals surface area (Å²) < 4.78 is 37.3. The van der Waals surface area contributed by atoms with E-state index in [0.29, 0.717) is 6.42 Å². The van der Waals surface area contributed by atoms with Gasteiger partial charge in [-0.15, -0.1) is 0 Å². The van der Waals surface area contributed by atoms with Gasteiger partial charge in [0.1, 0.15) is 16.2 Å². The minimum Gasteiger partial charge on any atom is -0.279 e. The number of rotatable bonds is 5. The number of hydrogen-bond acceptors (Lipinski definition) is 4. The molecule has 0 saturated carbocycles. The van der Waals surface area contributed by atoms with Crippen molar-refractivity contribution < 1.29 is 12.6 Å². The Morgan fingerprint density at radius 3 is 2.89 bits per heavy atom. The van der Waals surface area contributed by atoms with E-state index in [1.54, 1.807) is 12.3 Å². The summed E-state index contributed by atoms with van der Waals surface area (Å²) in [5, 5.41) is 2.74. The van der Waals surface area contributed by atoms with Gasteiger partial charge in [-0.2, -0.15) is 0 Å². The maximum absolute atomic E-state index is 12.3. The van der Waals surface area contributed by atoms with Crippen molar-refractivity contribution in [2.24, 2.45) is 0 Å². The molecule has 6 nitrogen and oxygen atoms in total. The highest BCUT2D eigenvalue weighted by Crippen LogP contribution is 2.18. The molecule has 0 fully saturated rings. The van der Waals surface area contributed by atoms with E-state index in [4.69, 9.17) is 0 Å². The van der Waals surface area contributed by atoms with Gasteiger partial charge in [0.15, 0.2) is 20.1 Å². The summed E-state index contributed by atoms with van der Waals surface area (Å²) in [6, 6.07) is 1.66. The third-order valence-electron chi connectivity index (χ3n) is 2.79. The van der Waals surface area contributed by atoms with E-state index < -0.39 is 9.84 Å². The quantitative estimate of drug-likeness (QED) is 0.668. The number of nitrogens with zero attached hydrogens (tertiary/aromatic N) is 2. The van der Waals surface area contributed by atoms with Crippen LogP contribution in [-0.4, -0.2) is 33.0 Å². The lowest BCUT2D eigenvalue weighted by atomic mass is 10.3. The van der Waals surface area contributed by atoms with Crippen LogP contribution in [0.25, 0.3) is 5.65 Å². The first-order valence-electron chi connectivity index (χ1n) is 6.01. The van der Waals surface area contributed by atoms with Gasteiger partial charge in [0, 0.05) is 12.4 Å². The van der Waals surface area contributed by atoms with Crippen LogP contribution in [0.15, 0.2) is 23.4 Å². The van der Waals surface area contributed by atoms with Crippen molar-refractivity contribution in [2.75, 3.05) is 5.75 Å². The minimum atomic E-state index is -3.49. The van der Waals surface area contributed by atoms with Gasteiger partial charge in [0.25, 0.3) is 0 Å². The maximum Gasteiger partial charge on any atom is 0.185 e. The van der Waals surface area contributed by atoms with Crippen molar-refractivity contribution in [3.63, 3.8) is 0 Å². The molecule has 0 aliphatic heterocycles. The van der Waals surface area contributed by atoms with E-state index in [9.17, 15) is 12.6 Å². The zero-order chi connectivity index (χ0) is 13.9. The molecule has 2 aromatic rings. The Morgan fingerprint density at radius 2 is 2.21 bits per heavy atom. The van der Waals surface area contributed by atoms with E-state index in [0.717, 1.165) is 12.8 Å². The van der Waals surface area contributed by atoms with Crippen molar-refractivity contribution in [3.8, 4) is 0 Å². The third-order valence-corrected chi connectivity index (χ3v) is 5.21. The Balaban J connectivity index is 2.58. The largest absolute Gasteiger partial charge is 0.279 e. The number of hydrogen-bond donors (Lipinski definition) is 1. The number of unbranched alkanes of at least 4 members (excludes halogenated alkanes) is 2. The van der Waals surface area contributed by atoms with Gasteiger partial charge >= 0.3 is 0 Å². The summed E-state index contributed by atoms with van der Waals surface area (Å²) in [7, 11) is -3.49. The average molecular weight is 301 g/mol. The molecule has 8 heteroatoms. The first kappa shape index (κ1) is 14.0. The Morgan fingerprint density at radius 1 is 1.42 bits per heavy atom. The van der Waals surface area contributed by atoms with E-state index >= 15 is 0 Å². The second-order valence-electron chi connectivity index (χ2n) is 4.19. The lowest BCUT2D eigenvalue weighted by Gasteiger charge is -2.01. The van der Waals surface area contributed by atoms with Crippen molar-refractivity contribution in [1.82, 2.24) is 14.6 Å². The lowest BCUT2D eigenvalue weighted by molar-refractivity contribution is 0.591. The van der Waals surface area contributed by atoms with Crippen LogP contribution in [0.2, 0.25) is 0 Å². The summed E-state index contributed by atoms with van der Waals surface area (Å²) in [5.74, 6) is 0.0402. The zero-order valence-corrected chi connectivity index (χ0v) is 12.1. The number of aromatic amines is 1. The fourth-order valence-corrected chi connectivity index (χ4v) is 4.20. The van der Waals surface area contributed by atoms with E-state index in [1.807, 2.05) is 6.92 Å². The molecule has 0 aromatic carbocycles. The molecule has 0 radical (unpaired) electrons. The smallest absolute Gasteiger partial charge is 0.185 e. The Labute approximate surface area is 114 Å². The predicted molar refractivity (Wildman–Crippen MR) is 72.5 cm³/mol. The summed E-state index contributed by atoms with van der Waals surface area (Å²) in [5.41, 5.74) is 0.275. The average Bonchev–Trinajstić information content (AvgIpc) is 2.78. The highest BCUT2D eigenvalue weighted by atomic mass is 32.2. The molecule has 0 unspecified atom stereocenters. The highest BCUT2D eigenvalue weighted by molar-refractivity contribution is 7.91. The van der Waals surface area contributed by atoms with Crippen molar-refractivity contribution in [3.05, 3.63) is 23.1 Å². The molecule has 0 amide bonds. The van der Waals surface area contributed by atoms with Crippen LogP contribution in [-0.2, 0) is 21.1 Å². The van der Waals surface area contributed by atoms with Gasteiger partial charge in [0.2, 0.25) is 0 Å². The van der Waals surface area contributed by atoms with Crippen molar-refractivity contribution in [2.45, 2.75) is 31.1 Å². The summed E-state index contributed by atoms with van der Waals surface area (Å²) in [6.07, 6.45) is 5.52. The molecule has 0 atom stereocenters.